The van der Waals surface area contributed by atoms with Gasteiger partial charge in [-0.05, 0) is 71.7 Å². The molecule has 0 spiro atoms. The van der Waals surface area contributed by atoms with E-state index < -0.39 is 66.4 Å². The summed E-state index contributed by atoms with van der Waals surface area (Å²) in [4.78, 5) is 51.4. The van der Waals surface area contributed by atoms with E-state index in [1.54, 1.807) is 0 Å². The Morgan fingerprint density at radius 1 is 0.745 bits per heavy atom. The van der Waals surface area contributed by atoms with Crippen molar-refractivity contribution in [2.45, 2.75) is 49.6 Å². The highest BCUT2D eigenvalue weighted by Gasteiger charge is 2.56. The molecule has 0 radical (unpaired) electrons. The largest absolute Gasteiger partial charge is 0.504 e. The van der Waals surface area contributed by atoms with Gasteiger partial charge in [0.15, 0.2) is 40.6 Å². The van der Waals surface area contributed by atoms with Crippen molar-refractivity contribution in [1.82, 2.24) is 0 Å². The van der Waals surface area contributed by atoms with Gasteiger partial charge in [-0.2, -0.15) is 0 Å². The summed E-state index contributed by atoms with van der Waals surface area (Å²) >= 11 is 0. The molecular weight excluding hydrogens is 672 g/mol. The van der Waals surface area contributed by atoms with Crippen molar-refractivity contribution in [3.8, 4) is 34.5 Å². The molecule has 1 aliphatic rings. The molecule has 0 amide bonds. The number of phenols is 4. The Morgan fingerprint density at radius 3 is 1.86 bits per heavy atom. The van der Waals surface area contributed by atoms with Gasteiger partial charge in [-0.3, -0.25) is 4.79 Å². The smallest absolute Gasteiger partial charge is 0.348 e. The molecule has 4 atom stereocenters. The molecule has 0 saturated heterocycles. The molecule has 1 aliphatic carbocycles. The third kappa shape index (κ3) is 9.70. The second kappa shape index (κ2) is 16.5. The number of benzene rings is 3. The minimum Gasteiger partial charge on any atom is -0.504 e. The Morgan fingerprint density at radius 2 is 1.31 bits per heavy atom. The van der Waals surface area contributed by atoms with Crippen molar-refractivity contribution < 1.29 is 73.5 Å². The number of carboxylic acid groups (broad SMARTS) is 1. The Kier molecular flexibility index (Phi) is 12.1. The normalized spacial score (nSPS) is 20.1. The first-order valence-electron chi connectivity index (χ1n) is 15.4. The number of aryl methyl sites for hydroxylation is 1. The maximum absolute atomic E-state index is 13.0. The molecule has 0 heterocycles. The lowest BCUT2D eigenvalue weighted by atomic mass is 9.79. The minimum absolute atomic E-state index is 0.0249. The van der Waals surface area contributed by atoms with Gasteiger partial charge in [0.25, 0.3) is 0 Å². The van der Waals surface area contributed by atoms with Crippen LogP contribution in [0, 0.1) is 0 Å². The van der Waals surface area contributed by atoms with E-state index in [2.05, 4.69) is 0 Å². The molecule has 3 aromatic carbocycles. The maximum atomic E-state index is 13.0. The highest BCUT2D eigenvalue weighted by Crippen LogP contribution is 2.37. The van der Waals surface area contributed by atoms with E-state index in [-0.39, 0.29) is 41.6 Å². The zero-order chi connectivity index (χ0) is 37.3. The Labute approximate surface area is 291 Å². The summed E-state index contributed by atoms with van der Waals surface area (Å²) in [6.07, 6.45) is -2.23. The van der Waals surface area contributed by atoms with Crippen LogP contribution in [0.4, 0.5) is 0 Å². The fraction of sp³-hybridized carbons (Fsp3) is 0.278. The van der Waals surface area contributed by atoms with Crippen molar-refractivity contribution in [3.05, 3.63) is 83.4 Å². The number of aliphatic carboxylic acids is 1. The first-order valence-corrected chi connectivity index (χ1v) is 15.4. The van der Waals surface area contributed by atoms with Gasteiger partial charge in [0.2, 0.25) is 5.60 Å². The average molecular weight is 709 g/mol. The Bertz CT molecular complexity index is 1830. The predicted molar refractivity (Wildman–Crippen MR) is 177 cm³/mol. The van der Waals surface area contributed by atoms with Crippen molar-refractivity contribution in [1.29, 1.82) is 0 Å². The van der Waals surface area contributed by atoms with E-state index >= 15 is 0 Å². The quantitative estimate of drug-likeness (QED) is 0.0647. The summed E-state index contributed by atoms with van der Waals surface area (Å²) in [6.45, 7) is 0. The summed E-state index contributed by atoms with van der Waals surface area (Å²) in [7, 11) is 2.67. The summed E-state index contributed by atoms with van der Waals surface area (Å²) in [5.41, 5.74) is -1.14. The molecule has 270 valence electrons. The molecule has 6 N–H and O–H groups in total. The number of carbonyl (C=O) groups excluding carboxylic acids is 3. The standard InChI is InChI=1S/C36H36O15/c1-47-28-16-21(4-10-24(28)38)7-13-32(43)50-34-27(41)18-36(35(45)46,51-33(44)14-8-22-5-11-25(39)29(17-22)48-2)19-30(34)49-31(42)12-6-20-3-9-23(37)26(40)15-20/h3-5,7-11,13-17,27,30,34,37-41H,6,12,18-19H2,1-2H3,(H,45,46)/t27-,30-,34+,36-/m1/s1. The molecule has 15 heteroatoms. The summed E-state index contributed by atoms with van der Waals surface area (Å²) < 4.78 is 26.5. The number of carboxylic acids is 1. The fourth-order valence-electron chi connectivity index (χ4n) is 5.31. The zero-order valence-electron chi connectivity index (χ0n) is 27.4. The van der Waals surface area contributed by atoms with Crippen LogP contribution >= 0.6 is 0 Å². The fourth-order valence-corrected chi connectivity index (χ4v) is 5.31. The number of phenolic OH excluding ortho intramolecular Hbond substituents is 4. The lowest BCUT2D eigenvalue weighted by Crippen LogP contribution is -2.59. The molecule has 0 aromatic heterocycles. The number of hydrogen-bond donors (Lipinski definition) is 6. The van der Waals surface area contributed by atoms with Crippen molar-refractivity contribution in [2.24, 2.45) is 0 Å². The van der Waals surface area contributed by atoms with Gasteiger partial charge in [-0.15, -0.1) is 0 Å². The van der Waals surface area contributed by atoms with Crippen LogP contribution in [0.3, 0.4) is 0 Å². The van der Waals surface area contributed by atoms with Gasteiger partial charge in [0, 0.05) is 31.4 Å². The maximum Gasteiger partial charge on any atom is 0.348 e. The molecule has 0 bridgehead atoms. The van der Waals surface area contributed by atoms with Crippen LogP contribution in [0.15, 0.2) is 66.7 Å². The second-order valence-electron chi connectivity index (χ2n) is 11.5. The second-order valence-corrected chi connectivity index (χ2v) is 11.5. The van der Waals surface area contributed by atoms with Gasteiger partial charge in [0.05, 0.1) is 20.3 Å². The zero-order valence-corrected chi connectivity index (χ0v) is 27.4. The SMILES string of the molecule is COc1cc(C=CC(=O)O[C@H]2[C@H](O)C[C@](OC(=O)C=Cc3ccc(O)c(OC)c3)(C(=O)O)C[C@H]2OC(=O)CCc2ccc(O)c(O)c2)ccc1O. The van der Waals surface area contributed by atoms with E-state index in [9.17, 15) is 49.8 Å². The van der Waals surface area contributed by atoms with Gasteiger partial charge >= 0.3 is 23.9 Å². The molecule has 0 aliphatic heterocycles. The third-order valence-electron chi connectivity index (χ3n) is 7.93. The summed E-state index contributed by atoms with van der Waals surface area (Å²) in [5, 5.41) is 60.3. The first-order chi connectivity index (χ1) is 24.2. The molecule has 15 nitrogen and oxygen atoms in total. The predicted octanol–water partition coefficient (Wildman–Crippen LogP) is 3.23. The molecule has 1 fully saturated rings. The third-order valence-corrected chi connectivity index (χ3v) is 7.93. The van der Waals surface area contributed by atoms with E-state index in [1.807, 2.05) is 0 Å². The molecule has 4 rings (SSSR count). The monoisotopic (exact) mass is 708 g/mol. The number of rotatable bonds is 13. The van der Waals surface area contributed by atoms with Gasteiger partial charge in [-0.1, -0.05) is 18.2 Å². The number of aliphatic hydroxyl groups excluding tert-OH is 1. The number of aliphatic hydroxyl groups is 1. The van der Waals surface area contributed by atoms with Crippen molar-refractivity contribution in [3.63, 3.8) is 0 Å². The van der Waals surface area contributed by atoms with Gasteiger partial charge in [-0.25, -0.2) is 14.4 Å². The van der Waals surface area contributed by atoms with Gasteiger partial charge in [0.1, 0.15) is 6.10 Å². The van der Waals surface area contributed by atoms with Gasteiger partial charge < -0.3 is 54.3 Å². The topological polar surface area (TPSA) is 236 Å². The summed E-state index contributed by atoms with van der Waals surface area (Å²) in [5.74, 6) is -5.49. The lowest BCUT2D eigenvalue weighted by Gasteiger charge is -2.42. The number of methoxy groups -OCH3 is 2. The highest BCUT2D eigenvalue weighted by molar-refractivity contribution is 5.91. The van der Waals surface area contributed by atoms with Crippen LogP contribution < -0.4 is 9.47 Å². The minimum atomic E-state index is -2.43. The van der Waals surface area contributed by atoms with E-state index in [0.29, 0.717) is 16.7 Å². The molecule has 0 unspecified atom stereocenters. The van der Waals surface area contributed by atoms with E-state index in [1.165, 1.54) is 81.0 Å². The molecule has 1 saturated carbocycles. The van der Waals surface area contributed by atoms with Crippen LogP contribution in [0.2, 0.25) is 0 Å². The number of ether oxygens (including phenoxy) is 5. The average Bonchev–Trinajstić information content (AvgIpc) is 3.09. The highest BCUT2D eigenvalue weighted by atomic mass is 16.6. The van der Waals surface area contributed by atoms with Crippen LogP contribution in [0.1, 0.15) is 36.0 Å². The van der Waals surface area contributed by atoms with Crippen LogP contribution in [0.5, 0.6) is 34.5 Å². The van der Waals surface area contributed by atoms with Crippen molar-refractivity contribution in [2.75, 3.05) is 14.2 Å². The lowest BCUT2D eigenvalue weighted by molar-refractivity contribution is -0.214. The number of esters is 3. The number of carbonyl (C=O) groups is 4. The number of aromatic hydroxyl groups is 4. The van der Waals surface area contributed by atoms with Crippen LogP contribution in [0.25, 0.3) is 12.2 Å². The Balaban J connectivity index is 1.55. The summed E-state index contributed by atoms with van der Waals surface area (Å²) in [6, 6.07) is 12.4. The molecular formula is C36H36O15. The van der Waals surface area contributed by atoms with Crippen LogP contribution in [-0.2, 0) is 39.8 Å². The van der Waals surface area contributed by atoms with Crippen molar-refractivity contribution >= 4 is 36.0 Å². The Hall–Kier alpha value is -6.22. The van der Waals surface area contributed by atoms with E-state index in [0.717, 1.165) is 12.2 Å². The van der Waals surface area contributed by atoms with E-state index in [4.69, 9.17) is 23.7 Å². The molecule has 3 aromatic rings. The first kappa shape index (κ1) is 37.6. The number of hydrogen-bond acceptors (Lipinski definition) is 14. The van der Waals surface area contributed by atoms with Crippen LogP contribution in [-0.4, -0.2) is 92.6 Å². The molecule has 51 heavy (non-hydrogen) atoms.